The van der Waals surface area contributed by atoms with Gasteiger partial charge in [-0.25, -0.2) is 0 Å². The van der Waals surface area contributed by atoms with Gasteiger partial charge in [0, 0.05) is 23.6 Å². The molecule has 0 bridgehead atoms. The third-order valence-electron chi connectivity index (χ3n) is 3.90. The summed E-state index contributed by atoms with van der Waals surface area (Å²) in [4.78, 5) is 36.1. The van der Waals surface area contributed by atoms with Crippen LogP contribution in [0.2, 0.25) is 5.02 Å². The predicted molar refractivity (Wildman–Crippen MR) is 91.5 cm³/mol. The van der Waals surface area contributed by atoms with Crippen molar-refractivity contribution in [3.8, 4) is 0 Å². The summed E-state index contributed by atoms with van der Waals surface area (Å²) in [5.74, 6) is -1.21. The molecule has 128 valence electrons. The average Bonchev–Trinajstić information content (AvgIpc) is 2.79. The van der Waals surface area contributed by atoms with Crippen LogP contribution < -0.4 is 0 Å². The van der Waals surface area contributed by atoms with E-state index >= 15 is 0 Å². The van der Waals surface area contributed by atoms with Crippen LogP contribution in [0.1, 0.15) is 44.1 Å². The topological polar surface area (TPSA) is 74.7 Å². The van der Waals surface area contributed by atoms with Crippen molar-refractivity contribution in [2.75, 3.05) is 6.54 Å². The van der Waals surface area contributed by atoms with Gasteiger partial charge in [0.2, 0.25) is 5.91 Å². The van der Waals surface area contributed by atoms with Gasteiger partial charge in [0.15, 0.2) is 0 Å². The van der Waals surface area contributed by atoms with Crippen LogP contribution >= 0.6 is 11.6 Å². The zero-order valence-corrected chi connectivity index (χ0v) is 14.1. The lowest BCUT2D eigenvalue weighted by Crippen LogP contribution is -2.30. The molecule has 0 unspecified atom stereocenters. The van der Waals surface area contributed by atoms with E-state index in [4.69, 9.17) is 16.7 Å². The summed E-state index contributed by atoms with van der Waals surface area (Å²) < 4.78 is 0. The predicted octanol–water partition coefficient (Wildman–Crippen LogP) is 3.52. The molecule has 0 aromatic heterocycles. The van der Waals surface area contributed by atoms with Gasteiger partial charge in [-0.15, -0.1) is 0 Å². The lowest BCUT2D eigenvalue weighted by Gasteiger charge is -2.12. The summed E-state index contributed by atoms with van der Waals surface area (Å²) in [7, 11) is 0. The number of carboxylic acids is 1. The summed E-state index contributed by atoms with van der Waals surface area (Å²) in [6, 6.07) is 7.09. The van der Waals surface area contributed by atoms with Crippen LogP contribution in [0.4, 0.5) is 0 Å². The molecule has 0 atom stereocenters. The number of carbonyl (C=O) groups excluding carboxylic acids is 2. The number of benzene rings is 1. The van der Waals surface area contributed by atoms with Crippen LogP contribution in [0, 0.1) is 0 Å². The largest absolute Gasteiger partial charge is 0.481 e. The molecule has 1 fully saturated rings. The molecule has 6 heteroatoms. The van der Waals surface area contributed by atoms with E-state index in [2.05, 4.69) is 0 Å². The zero-order chi connectivity index (χ0) is 17.5. The molecule has 0 saturated carbocycles. The first kappa shape index (κ1) is 18.2. The Morgan fingerprint density at radius 2 is 1.79 bits per heavy atom. The first-order chi connectivity index (χ1) is 11.5. The number of likely N-dealkylation sites (tertiary alicyclic amines) is 1. The minimum atomic E-state index is -0.795. The molecule has 5 nitrogen and oxygen atoms in total. The van der Waals surface area contributed by atoms with Crippen LogP contribution in [-0.2, 0) is 14.4 Å². The molecule has 2 amide bonds. The minimum Gasteiger partial charge on any atom is -0.481 e. The second kappa shape index (κ2) is 8.64. The highest BCUT2D eigenvalue weighted by Gasteiger charge is 2.32. The maximum Gasteiger partial charge on any atom is 0.303 e. The molecule has 0 radical (unpaired) electrons. The van der Waals surface area contributed by atoms with E-state index in [9.17, 15) is 14.4 Å². The molecular weight excluding hydrogens is 330 g/mol. The number of amides is 2. The number of hydrogen-bond donors (Lipinski definition) is 1. The molecule has 24 heavy (non-hydrogen) atoms. The highest BCUT2D eigenvalue weighted by atomic mass is 35.5. The SMILES string of the molecule is O=C(O)CCCCCCN1C(=O)C/C(=C\c2ccc(Cl)cc2)C1=O. The first-order valence-electron chi connectivity index (χ1n) is 8.00. The summed E-state index contributed by atoms with van der Waals surface area (Å²) in [6.45, 7) is 0.392. The van der Waals surface area contributed by atoms with E-state index in [1.54, 1.807) is 30.3 Å². The van der Waals surface area contributed by atoms with Crippen molar-refractivity contribution in [2.45, 2.75) is 38.5 Å². The fourth-order valence-corrected chi connectivity index (χ4v) is 2.75. The zero-order valence-electron chi connectivity index (χ0n) is 13.3. The second-order valence-electron chi connectivity index (χ2n) is 5.81. The summed E-state index contributed by atoms with van der Waals surface area (Å²) >= 11 is 5.83. The van der Waals surface area contributed by atoms with Gasteiger partial charge >= 0.3 is 5.97 Å². The Kier molecular flexibility index (Phi) is 6.55. The second-order valence-corrected chi connectivity index (χ2v) is 6.24. The quantitative estimate of drug-likeness (QED) is 0.442. The number of rotatable bonds is 8. The Labute approximate surface area is 145 Å². The van der Waals surface area contributed by atoms with Crippen molar-refractivity contribution >= 4 is 35.5 Å². The molecule has 0 spiro atoms. The van der Waals surface area contributed by atoms with Crippen molar-refractivity contribution in [3.63, 3.8) is 0 Å². The van der Waals surface area contributed by atoms with E-state index in [1.165, 1.54) is 4.90 Å². The third kappa shape index (κ3) is 5.20. The van der Waals surface area contributed by atoms with Crippen LogP contribution in [0.3, 0.4) is 0 Å². The van der Waals surface area contributed by atoms with Gasteiger partial charge in [-0.05, 0) is 36.6 Å². The van der Waals surface area contributed by atoms with Gasteiger partial charge in [-0.3, -0.25) is 19.3 Å². The van der Waals surface area contributed by atoms with Gasteiger partial charge in [0.25, 0.3) is 5.91 Å². The van der Waals surface area contributed by atoms with Crippen molar-refractivity contribution < 1.29 is 19.5 Å². The lowest BCUT2D eigenvalue weighted by atomic mass is 10.1. The molecule has 1 aromatic carbocycles. The number of nitrogens with zero attached hydrogens (tertiary/aromatic N) is 1. The maximum atomic E-state index is 12.3. The molecule has 1 N–H and O–H groups in total. The number of hydrogen-bond acceptors (Lipinski definition) is 3. The standard InChI is InChI=1S/C18H20ClNO4/c19-15-8-6-13(7-9-15)11-14-12-16(21)20(18(14)24)10-4-2-1-3-5-17(22)23/h6-9,11H,1-5,10,12H2,(H,22,23)/b14-11+. The molecule has 0 aliphatic carbocycles. The normalized spacial score (nSPS) is 16.2. The Bertz CT molecular complexity index is 651. The molecule has 1 aromatic rings. The highest BCUT2D eigenvalue weighted by molar-refractivity contribution is 6.30. The Morgan fingerprint density at radius 1 is 1.12 bits per heavy atom. The van der Waals surface area contributed by atoms with E-state index in [-0.39, 0.29) is 24.7 Å². The summed E-state index contributed by atoms with van der Waals surface area (Å²) in [5.41, 5.74) is 1.33. The van der Waals surface area contributed by atoms with E-state index in [0.29, 0.717) is 30.0 Å². The fourth-order valence-electron chi connectivity index (χ4n) is 2.62. The maximum absolute atomic E-state index is 12.3. The number of unbranched alkanes of at least 4 members (excludes halogenated alkanes) is 3. The molecular formula is C18H20ClNO4. The van der Waals surface area contributed by atoms with Crippen LogP contribution in [0.5, 0.6) is 0 Å². The van der Waals surface area contributed by atoms with E-state index in [0.717, 1.165) is 18.4 Å². The van der Waals surface area contributed by atoms with Crippen LogP contribution in [0.25, 0.3) is 6.08 Å². The van der Waals surface area contributed by atoms with Crippen molar-refractivity contribution in [1.82, 2.24) is 4.90 Å². The van der Waals surface area contributed by atoms with Crippen molar-refractivity contribution in [2.24, 2.45) is 0 Å². The van der Waals surface area contributed by atoms with Gasteiger partial charge in [-0.1, -0.05) is 36.6 Å². The molecule has 1 heterocycles. The monoisotopic (exact) mass is 349 g/mol. The smallest absolute Gasteiger partial charge is 0.303 e. The Hall–Kier alpha value is -2.14. The Balaban J connectivity index is 1.85. The van der Waals surface area contributed by atoms with Crippen molar-refractivity contribution in [1.29, 1.82) is 0 Å². The first-order valence-corrected chi connectivity index (χ1v) is 8.38. The molecule has 2 rings (SSSR count). The average molecular weight is 350 g/mol. The Morgan fingerprint density at radius 3 is 2.46 bits per heavy atom. The highest BCUT2D eigenvalue weighted by Crippen LogP contribution is 2.23. The number of carboxylic acid groups (broad SMARTS) is 1. The van der Waals surface area contributed by atoms with Gasteiger partial charge < -0.3 is 5.11 Å². The molecule has 1 aliphatic heterocycles. The number of aliphatic carboxylic acids is 1. The molecule has 1 saturated heterocycles. The van der Waals surface area contributed by atoms with Gasteiger partial charge in [-0.2, -0.15) is 0 Å². The number of carbonyl (C=O) groups is 3. The van der Waals surface area contributed by atoms with Crippen LogP contribution in [0.15, 0.2) is 29.8 Å². The number of imide groups is 1. The van der Waals surface area contributed by atoms with E-state index < -0.39 is 5.97 Å². The van der Waals surface area contributed by atoms with Gasteiger partial charge in [0.05, 0.1) is 6.42 Å². The number of halogens is 1. The minimum absolute atomic E-state index is 0.125. The van der Waals surface area contributed by atoms with E-state index in [1.807, 2.05) is 0 Å². The van der Waals surface area contributed by atoms with Gasteiger partial charge in [0.1, 0.15) is 0 Å². The van der Waals surface area contributed by atoms with Crippen molar-refractivity contribution in [3.05, 3.63) is 40.4 Å². The summed E-state index contributed by atoms with van der Waals surface area (Å²) in [6.07, 6.45) is 4.93. The van der Waals surface area contributed by atoms with Crippen LogP contribution in [-0.4, -0.2) is 34.3 Å². The molecule has 1 aliphatic rings. The fraction of sp³-hybridized carbons (Fsp3) is 0.389. The third-order valence-corrected chi connectivity index (χ3v) is 4.15. The summed E-state index contributed by atoms with van der Waals surface area (Å²) in [5, 5.41) is 9.19. The lowest BCUT2D eigenvalue weighted by molar-refractivity contribution is -0.138.